The topological polar surface area (TPSA) is 35.5 Å². The summed E-state index contributed by atoms with van der Waals surface area (Å²) in [7, 11) is 0. The molecule has 2 N–H and O–H groups in total. The minimum absolute atomic E-state index is 0.417. The van der Waals surface area contributed by atoms with Crippen LogP contribution in [0.5, 0.6) is 5.75 Å². The van der Waals surface area contributed by atoms with Gasteiger partial charge >= 0.3 is 0 Å². The number of aromatic hydroxyl groups is 1. The van der Waals surface area contributed by atoms with Crippen molar-refractivity contribution in [2.75, 3.05) is 19.6 Å². The average molecular weight is 262 g/mol. The quantitative estimate of drug-likeness (QED) is 0.856. The molecule has 19 heavy (non-hydrogen) atoms. The molecule has 1 fully saturated rings. The van der Waals surface area contributed by atoms with E-state index in [0.717, 1.165) is 31.7 Å². The standard InChI is InChI=1S/C16H26N2O/c1-3-18(12-15-6-4-5-9-17-15)11-14-10-13(2)7-8-16(14)19/h7-8,10,15,17,19H,3-6,9,11-12H2,1-2H3. The van der Waals surface area contributed by atoms with E-state index in [2.05, 4.69) is 30.1 Å². The van der Waals surface area contributed by atoms with Crippen LogP contribution in [0.15, 0.2) is 18.2 Å². The Morgan fingerprint density at radius 2 is 2.21 bits per heavy atom. The van der Waals surface area contributed by atoms with Crippen molar-refractivity contribution in [3.8, 4) is 5.75 Å². The zero-order chi connectivity index (χ0) is 13.7. The van der Waals surface area contributed by atoms with E-state index >= 15 is 0 Å². The van der Waals surface area contributed by atoms with Crippen molar-refractivity contribution in [1.29, 1.82) is 0 Å². The molecule has 1 aliphatic rings. The summed E-state index contributed by atoms with van der Waals surface area (Å²) < 4.78 is 0. The molecule has 1 aromatic carbocycles. The van der Waals surface area contributed by atoms with Crippen LogP contribution < -0.4 is 5.32 Å². The maximum absolute atomic E-state index is 9.94. The van der Waals surface area contributed by atoms with Crippen LogP contribution in [0.4, 0.5) is 0 Å². The highest BCUT2D eigenvalue weighted by Crippen LogP contribution is 2.20. The largest absolute Gasteiger partial charge is 0.508 e. The summed E-state index contributed by atoms with van der Waals surface area (Å²) in [5.74, 6) is 0.417. The first-order valence-electron chi connectivity index (χ1n) is 7.43. The van der Waals surface area contributed by atoms with Gasteiger partial charge in [0.05, 0.1) is 0 Å². The number of nitrogens with one attached hydrogen (secondary N) is 1. The van der Waals surface area contributed by atoms with Crippen molar-refractivity contribution in [3.05, 3.63) is 29.3 Å². The SMILES string of the molecule is CCN(Cc1cc(C)ccc1O)CC1CCCCN1. The maximum Gasteiger partial charge on any atom is 0.120 e. The lowest BCUT2D eigenvalue weighted by Crippen LogP contribution is -2.43. The van der Waals surface area contributed by atoms with E-state index in [0.29, 0.717) is 11.8 Å². The number of rotatable bonds is 5. The molecule has 1 aliphatic heterocycles. The minimum atomic E-state index is 0.417. The van der Waals surface area contributed by atoms with E-state index in [1.807, 2.05) is 6.07 Å². The molecule has 3 nitrogen and oxygen atoms in total. The molecule has 2 rings (SSSR count). The molecular formula is C16H26N2O. The summed E-state index contributed by atoms with van der Waals surface area (Å²) in [5, 5.41) is 13.5. The molecule has 1 atom stereocenters. The third-order valence-corrected chi connectivity index (χ3v) is 3.97. The minimum Gasteiger partial charge on any atom is -0.508 e. The van der Waals surface area contributed by atoms with Crippen molar-refractivity contribution in [1.82, 2.24) is 10.2 Å². The van der Waals surface area contributed by atoms with E-state index in [1.54, 1.807) is 6.07 Å². The van der Waals surface area contributed by atoms with Gasteiger partial charge in [-0.1, -0.05) is 31.0 Å². The monoisotopic (exact) mass is 262 g/mol. The van der Waals surface area contributed by atoms with Gasteiger partial charge in [0.25, 0.3) is 0 Å². The maximum atomic E-state index is 9.94. The molecule has 0 aliphatic carbocycles. The molecule has 0 aromatic heterocycles. The van der Waals surface area contributed by atoms with Crippen LogP contribution in [-0.2, 0) is 6.54 Å². The van der Waals surface area contributed by atoms with Gasteiger partial charge in [-0.15, -0.1) is 0 Å². The van der Waals surface area contributed by atoms with Crippen LogP contribution in [0.2, 0.25) is 0 Å². The van der Waals surface area contributed by atoms with E-state index in [-0.39, 0.29) is 0 Å². The zero-order valence-electron chi connectivity index (χ0n) is 12.2. The predicted octanol–water partition coefficient (Wildman–Crippen LogP) is 2.66. The molecule has 1 unspecified atom stereocenters. The summed E-state index contributed by atoms with van der Waals surface area (Å²) in [5.41, 5.74) is 2.25. The van der Waals surface area contributed by atoms with E-state index in [1.165, 1.54) is 24.8 Å². The number of hydrogen-bond acceptors (Lipinski definition) is 3. The lowest BCUT2D eigenvalue weighted by Gasteiger charge is -2.30. The lowest BCUT2D eigenvalue weighted by atomic mass is 10.0. The van der Waals surface area contributed by atoms with Crippen molar-refractivity contribution in [2.45, 2.75) is 45.7 Å². The highest BCUT2D eigenvalue weighted by Gasteiger charge is 2.16. The summed E-state index contributed by atoms with van der Waals surface area (Å²) in [6, 6.07) is 6.46. The fourth-order valence-electron chi connectivity index (χ4n) is 2.78. The Morgan fingerprint density at radius 3 is 2.89 bits per heavy atom. The number of piperidine rings is 1. The second kappa shape index (κ2) is 6.92. The first-order chi connectivity index (χ1) is 9.19. The number of nitrogens with zero attached hydrogens (tertiary/aromatic N) is 1. The lowest BCUT2D eigenvalue weighted by molar-refractivity contribution is 0.224. The van der Waals surface area contributed by atoms with Crippen LogP contribution in [0.1, 0.15) is 37.3 Å². The summed E-state index contributed by atoms with van der Waals surface area (Å²) in [6.07, 6.45) is 3.92. The number of likely N-dealkylation sites (N-methyl/N-ethyl adjacent to an activating group) is 1. The van der Waals surface area contributed by atoms with Gasteiger partial charge in [0.2, 0.25) is 0 Å². The van der Waals surface area contributed by atoms with E-state index < -0.39 is 0 Å². The van der Waals surface area contributed by atoms with Crippen molar-refractivity contribution >= 4 is 0 Å². The van der Waals surface area contributed by atoms with Crippen molar-refractivity contribution in [3.63, 3.8) is 0 Å². The van der Waals surface area contributed by atoms with Gasteiger partial charge in [0, 0.05) is 24.7 Å². The van der Waals surface area contributed by atoms with Crippen LogP contribution in [0.25, 0.3) is 0 Å². The third-order valence-electron chi connectivity index (χ3n) is 3.97. The van der Waals surface area contributed by atoms with Crippen LogP contribution in [-0.4, -0.2) is 35.7 Å². The van der Waals surface area contributed by atoms with Gasteiger partial charge in [-0.05, 0) is 38.9 Å². The molecule has 0 amide bonds. The number of benzene rings is 1. The Morgan fingerprint density at radius 1 is 1.37 bits per heavy atom. The smallest absolute Gasteiger partial charge is 0.120 e. The molecule has 0 bridgehead atoms. The molecule has 1 aromatic rings. The second-order valence-electron chi connectivity index (χ2n) is 5.61. The predicted molar refractivity (Wildman–Crippen MR) is 79.4 cm³/mol. The van der Waals surface area contributed by atoms with Gasteiger partial charge in [-0.2, -0.15) is 0 Å². The number of hydrogen-bond donors (Lipinski definition) is 2. The molecule has 0 saturated carbocycles. The third kappa shape index (κ3) is 4.22. The van der Waals surface area contributed by atoms with Gasteiger partial charge in [0.1, 0.15) is 5.75 Å². The zero-order valence-corrected chi connectivity index (χ0v) is 12.2. The second-order valence-corrected chi connectivity index (χ2v) is 5.61. The average Bonchev–Trinajstić information content (AvgIpc) is 2.43. The van der Waals surface area contributed by atoms with Gasteiger partial charge in [0.15, 0.2) is 0 Å². The van der Waals surface area contributed by atoms with Crippen LogP contribution in [0, 0.1) is 6.92 Å². The Kier molecular flexibility index (Phi) is 5.23. The van der Waals surface area contributed by atoms with Crippen LogP contribution in [0.3, 0.4) is 0 Å². The van der Waals surface area contributed by atoms with E-state index in [9.17, 15) is 5.11 Å². The van der Waals surface area contributed by atoms with Crippen molar-refractivity contribution in [2.24, 2.45) is 0 Å². The molecule has 1 saturated heterocycles. The number of phenolic OH excluding ortho intramolecular Hbond substituents is 1. The van der Waals surface area contributed by atoms with Gasteiger partial charge < -0.3 is 10.4 Å². The molecule has 3 heteroatoms. The first-order valence-corrected chi connectivity index (χ1v) is 7.43. The summed E-state index contributed by atoms with van der Waals surface area (Å²) >= 11 is 0. The summed E-state index contributed by atoms with van der Waals surface area (Å²) in [6.45, 7) is 8.34. The molecule has 0 radical (unpaired) electrons. The highest BCUT2D eigenvalue weighted by atomic mass is 16.3. The highest BCUT2D eigenvalue weighted by molar-refractivity contribution is 5.35. The molecule has 1 heterocycles. The van der Waals surface area contributed by atoms with Gasteiger partial charge in [-0.3, -0.25) is 4.90 Å². The molecule has 106 valence electrons. The number of phenols is 1. The Balaban J connectivity index is 1.95. The molecular weight excluding hydrogens is 236 g/mol. The summed E-state index contributed by atoms with van der Waals surface area (Å²) in [4.78, 5) is 2.41. The Labute approximate surface area is 116 Å². The van der Waals surface area contributed by atoms with Crippen molar-refractivity contribution < 1.29 is 5.11 Å². The Bertz CT molecular complexity index is 400. The fraction of sp³-hybridized carbons (Fsp3) is 0.625. The fourth-order valence-corrected chi connectivity index (χ4v) is 2.78. The first kappa shape index (κ1) is 14.4. The van der Waals surface area contributed by atoms with Crippen LogP contribution >= 0.6 is 0 Å². The number of aryl methyl sites for hydroxylation is 1. The molecule has 0 spiro atoms. The van der Waals surface area contributed by atoms with Gasteiger partial charge in [-0.25, -0.2) is 0 Å². The van der Waals surface area contributed by atoms with E-state index in [4.69, 9.17) is 0 Å². The Hall–Kier alpha value is -1.06. The normalized spacial score (nSPS) is 19.8.